The number of ether oxygens (including phenoxy) is 2. The summed E-state index contributed by atoms with van der Waals surface area (Å²) in [6.45, 7) is 2.65. The van der Waals surface area contributed by atoms with Gasteiger partial charge in [-0.1, -0.05) is 6.07 Å². The summed E-state index contributed by atoms with van der Waals surface area (Å²) in [5.74, 6) is 1.53. The highest BCUT2D eigenvalue weighted by atomic mass is 16.5. The molecule has 0 radical (unpaired) electrons. The summed E-state index contributed by atoms with van der Waals surface area (Å²) in [7, 11) is 1.67. The van der Waals surface area contributed by atoms with E-state index in [-0.39, 0.29) is 5.91 Å². The number of nitrogens with zero attached hydrogens (tertiary/aromatic N) is 1. The minimum atomic E-state index is -0.399. The number of aromatic nitrogens is 1. The van der Waals surface area contributed by atoms with E-state index in [9.17, 15) is 4.79 Å². The Balaban J connectivity index is 1.66. The van der Waals surface area contributed by atoms with Crippen molar-refractivity contribution in [2.45, 2.75) is 19.6 Å². The largest absolute Gasteiger partial charge is 0.497 e. The molecule has 1 amide bonds. The van der Waals surface area contributed by atoms with E-state index in [1.807, 2.05) is 48.2 Å². The third kappa shape index (κ3) is 1.98. The minimum Gasteiger partial charge on any atom is -0.497 e. The third-order valence-corrected chi connectivity index (χ3v) is 5.15. The fourth-order valence-corrected chi connectivity index (χ4v) is 3.87. The summed E-state index contributed by atoms with van der Waals surface area (Å²) in [5.41, 5.74) is 4.94. The average Bonchev–Trinajstić information content (AvgIpc) is 3.00. The average molecular weight is 334 g/mol. The molecule has 1 unspecified atom stereocenters. The fraction of sp³-hybridized carbons (Fsp3) is 0.250. The number of nitrogens with one attached hydrogen (secondary N) is 1. The summed E-state index contributed by atoms with van der Waals surface area (Å²) >= 11 is 0. The molecule has 5 rings (SSSR count). The van der Waals surface area contributed by atoms with Crippen molar-refractivity contribution in [2.75, 3.05) is 13.7 Å². The predicted molar refractivity (Wildman–Crippen MR) is 94.1 cm³/mol. The Hall–Kier alpha value is -2.95. The van der Waals surface area contributed by atoms with Crippen molar-refractivity contribution in [3.8, 4) is 11.5 Å². The Morgan fingerprint density at radius 2 is 2.12 bits per heavy atom. The molecule has 1 N–H and O–H groups in total. The van der Waals surface area contributed by atoms with E-state index in [0.29, 0.717) is 17.9 Å². The number of aryl methyl sites for hydroxylation is 1. The van der Waals surface area contributed by atoms with Crippen LogP contribution in [0.4, 0.5) is 0 Å². The van der Waals surface area contributed by atoms with E-state index >= 15 is 0 Å². The van der Waals surface area contributed by atoms with Crippen LogP contribution in [0.2, 0.25) is 0 Å². The first-order valence-electron chi connectivity index (χ1n) is 8.42. The number of carbonyl (C=O) groups is 1. The van der Waals surface area contributed by atoms with E-state index in [1.54, 1.807) is 7.11 Å². The number of amides is 1. The standard InChI is InChI=1S/C20H18N2O3/c1-11-3-5-14-17(9-11)25-20-18-13(7-8-22(20)19(14)23)15-10-12(24-2)4-6-16(15)21-18/h3-6,9-10,20-21H,7-8H2,1-2H3. The van der Waals surface area contributed by atoms with Gasteiger partial charge in [0.15, 0.2) is 0 Å². The summed E-state index contributed by atoms with van der Waals surface area (Å²) < 4.78 is 11.6. The molecule has 2 aliphatic heterocycles. The second kappa shape index (κ2) is 5.02. The zero-order valence-electron chi connectivity index (χ0n) is 14.1. The van der Waals surface area contributed by atoms with Crippen molar-refractivity contribution in [3.63, 3.8) is 0 Å². The van der Waals surface area contributed by atoms with Gasteiger partial charge in [0.1, 0.15) is 11.5 Å². The van der Waals surface area contributed by atoms with Crippen molar-refractivity contribution >= 4 is 16.8 Å². The molecular weight excluding hydrogens is 316 g/mol. The van der Waals surface area contributed by atoms with Gasteiger partial charge < -0.3 is 14.5 Å². The number of hydrogen-bond acceptors (Lipinski definition) is 3. The van der Waals surface area contributed by atoms with Crippen LogP contribution in [-0.2, 0) is 6.42 Å². The van der Waals surface area contributed by atoms with E-state index in [4.69, 9.17) is 9.47 Å². The van der Waals surface area contributed by atoms with Crippen molar-refractivity contribution in [2.24, 2.45) is 0 Å². The molecule has 5 nitrogen and oxygen atoms in total. The van der Waals surface area contributed by atoms with Crippen LogP contribution in [-0.4, -0.2) is 29.4 Å². The monoisotopic (exact) mass is 334 g/mol. The molecule has 3 heterocycles. The van der Waals surface area contributed by atoms with Crippen molar-refractivity contribution in [3.05, 3.63) is 58.8 Å². The van der Waals surface area contributed by atoms with Gasteiger partial charge in [-0.15, -0.1) is 0 Å². The van der Waals surface area contributed by atoms with Gasteiger partial charge in [0.2, 0.25) is 6.23 Å². The maximum Gasteiger partial charge on any atom is 0.260 e. The van der Waals surface area contributed by atoms with Crippen LogP contribution in [0.1, 0.15) is 33.4 Å². The summed E-state index contributed by atoms with van der Waals surface area (Å²) in [6.07, 6.45) is 0.402. The van der Waals surface area contributed by atoms with Gasteiger partial charge in [0.05, 0.1) is 18.4 Å². The number of benzene rings is 2. The van der Waals surface area contributed by atoms with Gasteiger partial charge in [-0.3, -0.25) is 9.69 Å². The molecule has 3 aromatic rings. The van der Waals surface area contributed by atoms with Gasteiger partial charge in [-0.05, 0) is 54.8 Å². The molecule has 25 heavy (non-hydrogen) atoms. The molecule has 5 heteroatoms. The summed E-state index contributed by atoms with van der Waals surface area (Å²) in [5, 5.41) is 1.14. The Bertz CT molecular complexity index is 1020. The predicted octanol–water partition coefficient (Wildman–Crippen LogP) is 3.57. The van der Waals surface area contributed by atoms with Gasteiger partial charge in [-0.2, -0.15) is 0 Å². The lowest BCUT2D eigenvalue weighted by atomic mass is 9.99. The highest BCUT2D eigenvalue weighted by molar-refractivity contribution is 5.98. The van der Waals surface area contributed by atoms with Crippen LogP contribution in [0.5, 0.6) is 11.5 Å². The first-order valence-corrected chi connectivity index (χ1v) is 8.42. The Kier molecular flexibility index (Phi) is 2.89. The molecule has 1 atom stereocenters. The van der Waals surface area contributed by atoms with Gasteiger partial charge >= 0.3 is 0 Å². The Morgan fingerprint density at radius 3 is 2.96 bits per heavy atom. The lowest BCUT2D eigenvalue weighted by molar-refractivity contribution is 0.00200. The highest BCUT2D eigenvalue weighted by Crippen LogP contribution is 2.41. The lowest BCUT2D eigenvalue weighted by Gasteiger charge is -2.39. The number of H-pyrrole nitrogens is 1. The fourth-order valence-electron chi connectivity index (χ4n) is 3.87. The van der Waals surface area contributed by atoms with Crippen LogP contribution in [0.3, 0.4) is 0 Å². The third-order valence-electron chi connectivity index (χ3n) is 5.15. The number of hydrogen-bond donors (Lipinski definition) is 1. The normalized spacial score (nSPS) is 18.4. The first kappa shape index (κ1) is 14.4. The second-order valence-electron chi connectivity index (χ2n) is 6.65. The van der Waals surface area contributed by atoms with E-state index < -0.39 is 6.23 Å². The first-order chi connectivity index (χ1) is 12.2. The van der Waals surface area contributed by atoms with Crippen LogP contribution < -0.4 is 9.47 Å². The van der Waals surface area contributed by atoms with E-state index in [2.05, 4.69) is 4.98 Å². The Labute approximate surface area is 145 Å². The molecule has 0 aliphatic carbocycles. The van der Waals surface area contributed by atoms with Crippen molar-refractivity contribution in [1.29, 1.82) is 0 Å². The highest BCUT2D eigenvalue weighted by Gasteiger charge is 2.40. The van der Waals surface area contributed by atoms with E-state index in [1.165, 1.54) is 5.56 Å². The maximum absolute atomic E-state index is 12.9. The zero-order chi connectivity index (χ0) is 17.1. The number of rotatable bonds is 1. The number of fused-ring (bicyclic) bond motifs is 6. The van der Waals surface area contributed by atoms with Crippen molar-refractivity contribution < 1.29 is 14.3 Å². The number of aromatic amines is 1. The lowest BCUT2D eigenvalue weighted by Crippen LogP contribution is -2.45. The molecule has 1 aromatic heterocycles. The maximum atomic E-state index is 12.9. The molecule has 0 bridgehead atoms. The molecule has 0 saturated carbocycles. The van der Waals surface area contributed by atoms with E-state index in [0.717, 1.165) is 34.3 Å². The van der Waals surface area contributed by atoms with Gasteiger partial charge in [0, 0.05) is 17.4 Å². The molecule has 0 saturated heterocycles. The Morgan fingerprint density at radius 1 is 1.24 bits per heavy atom. The molecule has 126 valence electrons. The zero-order valence-corrected chi connectivity index (χ0v) is 14.1. The molecule has 0 fully saturated rings. The van der Waals surface area contributed by atoms with Gasteiger partial charge in [0.25, 0.3) is 5.91 Å². The summed E-state index contributed by atoms with van der Waals surface area (Å²) in [6, 6.07) is 11.7. The second-order valence-corrected chi connectivity index (χ2v) is 6.65. The number of methoxy groups -OCH3 is 1. The van der Waals surface area contributed by atoms with Gasteiger partial charge in [-0.25, -0.2) is 0 Å². The van der Waals surface area contributed by atoms with Crippen LogP contribution >= 0.6 is 0 Å². The number of carbonyl (C=O) groups excluding carboxylic acids is 1. The molecule has 2 aromatic carbocycles. The molecule has 2 aliphatic rings. The quantitative estimate of drug-likeness (QED) is 0.740. The molecule has 0 spiro atoms. The molecular formula is C20H18N2O3. The minimum absolute atomic E-state index is 0.0353. The van der Waals surface area contributed by atoms with Crippen LogP contribution in [0.15, 0.2) is 36.4 Å². The van der Waals surface area contributed by atoms with Crippen LogP contribution in [0.25, 0.3) is 10.9 Å². The smallest absolute Gasteiger partial charge is 0.260 e. The summed E-state index contributed by atoms with van der Waals surface area (Å²) in [4.78, 5) is 18.2. The van der Waals surface area contributed by atoms with Crippen LogP contribution in [0, 0.1) is 6.92 Å². The topological polar surface area (TPSA) is 54.6 Å². The van der Waals surface area contributed by atoms with Crippen molar-refractivity contribution in [1.82, 2.24) is 9.88 Å². The SMILES string of the molecule is COc1ccc2[nH]c3c(c2c1)CCN1C(=O)c2ccc(C)cc2OC31.